The van der Waals surface area contributed by atoms with Crippen molar-refractivity contribution in [1.82, 2.24) is 30.1 Å². The number of H-pyrrole nitrogens is 1. The van der Waals surface area contributed by atoms with Crippen molar-refractivity contribution in [3.05, 3.63) is 75.6 Å². The second-order valence-corrected chi connectivity index (χ2v) is 8.92. The van der Waals surface area contributed by atoms with Crippen LogP contribution in [0.5, 0.6) is 11.5 Å². The highest BCUT2D eigenvalue weighted by Crippen LogP contribution is 2.34. The van der Waals surface area contributed by atoms with E-state index in [0.29, 0.717) is 74.3 Å². The first-order valence-corrected chi connectivity index (χ1v) is 12.2. The number of nitrogens with zero attached hydrogens (tertiary/aromatic N) is 5. The highest BCUT2D eigenvalue weighted by molar-refractivity contribution is 5.83. The van der Waals surface area contributed by atoms with Crippen molar-refractivity contribution in [2.24, 2.45) is 0 Å². The van der Waals surface area contributed by atoms with Crippen LogP contribution in [0.25, 0.3) is 10.9 Å². The summed E-state index contributed by atoms with van der Waals surface area (Å²) < 4.78 is 31.9. The van der Waals surface area contributed by atoms with E-state index in [0.717, 1.165) is 10.9 Å². The lowest BCUT2D eigenvalue weighted by Crippen LogP contribution is -2.32. The normalized spacial score (nSPS) is 13.8. The number of aromatic nitrogens is 5. The number of aromatic amines is 1. The van der Waals surface area contributed by atoms with E-state index in [2.05, 4.69) is 25.4 Å². The van der Waals surface area contributed by atoms with Gasteiger partial charge in [0.15, 0.2) is 17.3 Å². The van der Waals surface area contributed by atoms with Gasteiger partial charge >= 0.3 is 0 Å². The number of tetrazole rings is 1. The fourth-order valence-corrected chi connectivity index (χ4v) is 4.62. The molecule has 0 saturated heterocycles. The fraction of sp³-hybridized carbons (Fsp3) is 0.385. The summed E-state index contributed by atoms with van der Waals surface area (Å²) in [6, 6.07) is 11.7. The predicted molar refractivity (Wildman–Crippen MR) is 134 cm³/mol. The quantitative estimate of drug-likeness (QED) is 0.348. The molecule has 10 nitrogen and oxygen atoms in total. The zero-order valence-electron chi connectivity index (χ0n) is 20.8. The van der Waals surface area contributed by atoms with E-state index in [1.807, 2.05) is 19.1 Å². The zero-order valence-corrected chi connectivity index (χ0v) is 20.8. The van der Waals surface area contributed by atoms with Gasteiger partial charge in [-0.15, -0.1) is 5.10 Å². The van der Waals surface area contributed by atoms with Crippen LogP contribution in [0.15, 0.2) is 47.3 Å². The molecule has 0 bridgehead atoms. The van der Waals surface area contributed by atoms with Gasteiger partial charge in [-0.25, -0.2) is 9.07 Å². The maximum Gasteiger partial charge on any atom is 0.252 e. The van der Waals surface area contributed by atoms with Crippen LogP contribution in [0.1, 0.15) is 36.3 Å². The summed E-state index contributed by atoms with van der Waals surface area (Å²) in [6.07, 6.45) is 0.693. The van der Waals surface area contributed by atoms with E-state index in [-0.39, 0.29) is 17.4 Å². The Hall–Kier alpha value is -3.83. The van der Waals surface area contributed by atoms with Gasteiger partial charge in [0.25, 0.3) is 5.56 Å². The minimum absolute atomic E-state index is 0.192. The number of pyridine rings is 1. The molecular formula is C26H29FN6O4. The number of halogens is 1. The molecule has 0 amide bonds. The number of methoxy groups -OCH3 is 1. The minimum atomic E-state index is -0.300. The Balaban J connectivity index is 1.52. The number of rotatable bonds is 10. The van der Waals surface area contributed by atoms with Gasteiger partial charge in [0, 0.05) is 37.2 Å². The molecule has 194 valence electrons. The first-order chi connectivity index (χ1) is 18.1. The van der Waals surface area contributed by atoms with Crippen LogP contribution >= 0.6 is 0 Å². The summed E-state index contributed by atoms with van der Waals surface area (Å²) >= 11 is 0. The van der Waals surface area contributed by atoms with Crippen molar-refractivity contribution < 1.29 is 18.6 Å². The minimum Gasteiger partial charge on any atom is -0.486 e. The van der Waals surface area contributed by atoms with E-state index in [9.17, 15) is 9.18 Å². The molecular weight excluding hydrogens is 479 g/mol. The second kappa shape index (κ2) is 11.1. The Kier molecular flexibility index (Phi) is 7.42. The SMILES string of the molecule is CC[C@H](c1nnnn1CCOC)N(Cc1ccc(F)cc1)Cc1cc2cc3c(cc2[nH]c1=O)OCCO3. The standard InChI is InChI=1S/C26H29FN6O4/c1-3-22(25-29-30-31-33(25)8-9-35-2)32(15-17-4-6-20(27)7-5-17)16-19-12-18-13-23-24(37-11-10-36-23)14-21(18)28-26(19)34/h4-7,12-14,22H,3,8-11,15-16H2,1-2H3,(H,28,34)/t22-/m1/s1. The highest BCUT2D eigenvalue weighted by Gasteiger charge is 2.26. The summed E-state index contributed by atoms with van der Waals surface area (Å²) in [5.74, 6) is 1.66. The molecule has 2 aromatic heterocycles. The lowest BCUT2D eigenvalue weighted by atomic mass is 10.1. The average molecular weight is 509 g/mol. The monoisotopic (exact) mass is 508 g/mol. The van der Waals surface area contributed by atoms with Crippen LogP contribution in [0.4, 0.5) is 4.39 Å². The highest BCUT2D eigenvalue weighted by atomic mass is 19.1. The second-order valence-electron chi connectivity index (χ2n) is 8.92. The van der Waals surface area contributed by atoms with Gasteiger partial charge in [-0.3, -0.25) is 9.69 Å². The molecule has 0 saturated carbocycles. The molecule has 0 spiro atoms. The Morgan fingerprint density at radius 3 is 2.62 bits per heavy atom. The zero-order chi connectivity index (χ0) is 25.8. The summed E-state index contributed by atoms with van der Waals surface area (Å²) in [5, 5.41) is 13.2. The first kappa shape index (κ1) is 24.8. The summed E-state index contributed by atoms with van der Waals surface area (Å²) in [7, 11) is 1.63. The smallest absolute Gasteiger partial charge is 0.252 e. The first-order valence-electron chi connectivity index (χ1n) is 12.2. The van der Waals surface area contributed by atoms with Crippen molar-refractivity contribution in [2.75, 3.05) is 26.9 Å². The maximum atomic E-state index is 13.6. The molecule has 0 aliphatic carbocycles. The molecule has 11 heteroatoms. The lowest BCUT2D eigenvalue weighted by Gasteiger charge is -2.30. The van der Waals surface area contributed by atoms with E-state index in [4.69, 9.17) is 14.2 Å². The Labute approximate surface area is 213 Å². The Bertz CT molecular complexity index is 1420. The van der Waals surface area contributed by atoms with Gasteiger partial charge in [-0.1, -0.05) is 19.1 Å². The van der Waals surface area contributed by atoms with Crippen molar-refractivity contribution in [1.29, 1.82) is 0 Å². The van der Waals surface area contributed by atoms with Crippen LogP contribution in [0, 0.1) is 5.82 Å². The third-order valence-electron chi connectivity index (χ3n) is 6.45. The third kappa shape index (κ3) is 5.47. The number of benzene rings is 2. The maximum absolute atomic E-state index is 13.6. The van der Waals surface area contributed by atoms with Gasteiger partial charge in [-0.2, -0.15) is 0 Å². The van der Waals surface area contributed by atoms with Gasteiger partial charge in [0.05, 0.1) is 24.7 Å². The van der Waals surface area contributed by atoms with Crippen molar-refractivity contribution in [3.8, 4) is 11.5 Å². The van der Waals surface area contributed by atoms with Crippen molar-refractivity contribution in [3.63, 3.8) is 0 Å². The molecule has 37 heavy (non-hydrogen) atoms. The summed E-state index contributed by atoms with van der Waals surface area (Å²) in [4.78, 5) is 18.3. The molecule has 5 rings (SSSR count). The van der Waals surface area contributed by atoms with E-state index in [1.54, 1.807) is 30.0 Å². The topological polar surface area (TPSA) is 107 Å². The largest absolute Gasteiger partial charge is 0.486 e. The van der Waals surface area contributed by atoms with Gasteiger partial charge < -0.3 is 19.2 Å². The molecule has 0 radical (unpaired) electrons. The number of hydrogen-bond donors (Lipinski definition) is 1. The van der Waals surface area contributed by atoms with E-state index >= 15 is 0 Å². The molecule has 1 atom stereocenters. The Morgan fingerprint density at radius 1 is 1.14 bits per heavy atom. The van der Waals surface area contributed by atoms with Gasteiger partial charge in [-0.05, 0) is 46.7 Å². The van der Waals surface area contributed by atoms with Crippen molar-refractivity contribution >= 4 is 10.9 Å². The molecule has 2 aromatic carbocycles. The van der Waals surface area contributed by atoms with Crippen molar-refractivity contribution in [2.45, 2.75) is 39.0 Å². The predicted octanol–water partition coefficient (Wildman–Crippen LogP) is 3.22. The fourth-order valence-electron chi connectivity index (χ4n) is 4.62. The molecule has 1 aliphatic heterocycles. The molecule has 1 aliphatic rings. The van der Waals surface area contributed by atoms with Gasteiger partial charge in [0.2, 0.25) is 0 Å². The third-order valence-corrected chi connectivity index (χ3v) is 6.45. The number of ether oxygens (including phenoxy) is 3. The number of fused-ring (bicyclic) bond motifs is 2. The molecule has 0 unspecified atom stereocenters. The molecule has 4 aromatic rings. The van der Waals surface area contributed by atoms with Crippen LogP contribution in [0.2, 0.25) is 0 Å². The average Bonchev–Trinajstić information content (AvgIpc) is 3.36. The number of hydrogen-bond acceptors (Lipinski definition) is 8. The van der Waals surface area contributed by atoms with E-state index < -0.39 is 0 Å². The summed E-state index contributed by atoms with van der Waals surface area (Å²) in [5.41, 5.74) is 1.98. The van der Waals surface area contributed by atoms with Crippen LogP contribution in [-0.4, -0.2) is 57.0 Å². The van der Waals surface area contributed by atoms with Gasteiger partial charge in [0.1, 0.15) is 19.0 Å². The Morgan fingerprint density at radius 2 is 1.89 bits per heavy atom. The van der Waals surface area contributed by atoms with E-state index in [1.165, 1.54) is 12.1 Å². The molecule has 0 fully saturated rings. The lowest BCUT2D eigenvalue weighted by molar-refractivity contribution is 0.150. The van der Waals surface area contributed by atoms with Crippen LogP contribution in [-0.2, 0) is 24.4 Å². The molecule has 3 heterocycles. The summed E-state index contributed by atoms with van der Waals surface area (Å²) in [6.45, 7) is 4.76. The van der Waals surface area contributed by atoms with Crippen LogP contribution < -0.4 is 15.0 Å². The molecule has 1 N–H and O–H groups in total. The number of nitrogens with one attached hydrogen (secondary N) is 1. The van der Waals surface area contributed by atoms with Crippen LogP contribution in [0.3, 0.4) is 0 Å².